The first-order chi connectivity index (χ1) is 8.54. The minimum absolute atomic E-state index is 0.587. The zero-order chi connectivity index (χ0) is 13.9. The van der Waals surface area contributed by atoms with Crippen LogP contribution in [-0.2, 0) is 26.0 Å². The van der Waals surface area contributed by atoms with Crippen molar-refractivity contribution in [2.24, 2.45) is 0 Å². The number of hydrogen-bond acceptors (Lipinski definition) is 3. The monoisotopic (exact) mass is 296 g/mol. The van der Waals surface area contributed by atoms with Crippen LogP contribution >= 0.6 is 0 Å². The molecule has 0 aromatic heterocycles. The van der Waals surface area contributed by atoms with Gasteiger partial charge in [0.2, 0.25) is 0 Å². The molecular formula is C14H32O3Ti. The van der Waals surface area contributed by atoms with Crippen LogP contribution in [-0.4, -0.2) is 13.2 Å². The second kappa shape index (κ2) is 9.36. The molecule has 0 aliphatic rings. The Bertz CT molecular complexity index is 238. The fourth-order valence-electron chi connectivity index (χ4n) is 2.31. The molecule has 0 saturated carbocycles. The molecule has 110 valence electrons. The molecule has 0 unspecified atom stereocenters. The summed E-state index contributed by atoms with van der Waals surface area (Å²) in [4.78, 5) is 0. The van der Waals surface area contributed by atoms with Gasteiger partial charge in [0, 0.05) is 0 Å². The summed E-state index contributed by atoms with van der Waals surface area (Å²) in [5, 5.41) is 0. The van der Waals surface area contributed by atoms with Gasteiger partial charge in [-0.3, -0.25) is 0 Å². The van der Waals surface area contributed by atoms with Crippen LogP contribution in [0.25, 0.3) is 0 Å². The minimum atomic E-state index is -4.35. The van der Waals surface area contributed by atoms with E-state index >= 15 is 0 Å². The van der Waals surface area contributed by atoms with Crippen molar-refractivity contribution in [1.29, 1.82) is 0 Å². The zero-order valence-electron chi connectivity index (χ0n) is 12.8. The van der Waals surface area contributed by atoms with Crippen molar-refractivity contribution >= 4 is 0 Å². The molecule has 0 radical (unpaired) electrons. The van der Waals surface area contributed by atoms with Crippen LogP contribution in [0.3, 0.4) is 0 Å². The van der Waals surface area contributed by atoms with E-state index in [9.17, 15) is 3.32 Å². The fourth-order valence-corrected chi connectivity index (χ4v) is 8.62. The maximum atomic E-state index is 13.4. The van der Waals surface area contributed by atoms with Gasteiger partial charge in [-0.2, -0.15) is 0 Å². The summed E-state index contributed by atoms with van der Waals surface area (Å²) in [6.07, 6.45) is 5.81. The summed E-state index contributed by atoms with van der Waals surface area (Å²) in [7, 11) is 0. The number of hydrogen-bond donors (Lipinski definition) is 0. The number of rotatable bonds is 12. The summed E-state index contributed by atoms with van der Waals surface area (Å²) in [5.41, 5.74) is 0. The molecule has 0 heterocycles. The Morgan fingerprint density at radius 2 is 1.11 bits per heavy atom. The molecule has 0 N–H and O–H groups in total. The Morgan fingerprint density at radius 3 is 1.39 bits per heavy atom. The van der Waals surface area contributed by atoms with Gasteiger partial charge in [0.1, 0.15) is 0 Å². The molecule has 0 aliphatic carbocycles. The molecule has 0 saturated heterocycles. The van der Waals surface area contributed by atoms with Crippen LogP contribution in [0.1, 0.15) is 66.2 Å². The van der Waals surface area contributed by atoms with E-state index in [1.807, 2.05) is 0 Å². The molecule has 0 aromatic carbocycles. The van der Waals surface area contributed by atoms with E-state index in [0.717, 1.165) is 38.5 Å². The molecule has 4 heteroatoms. The second-order valence-electron chi connectivity index (χ2n) is 5.27. The molecule has 0 spiro atoms. The van der Waals surface area contributed by atoms with E-state index in [-0.39, 0.29) is 0 Å². The molecule has 0 rings (SSSR count). The Balaban J connectivity index is 4.73. The van der Waals surface area contributed by atoms with Crippen molar-refractivity contribution in [1.82, 2.24) is 0 Å². The molecular weight excluding hydrogens is 264 g/mol. The van der Waals surface area contributed by atoms with Crippen LogP contribution in [0.2, 0.25) is 9.45 Å². The molecule has 0 aliphatic heterocycles. The van der Waals surface area contributed by atoms with Crippen molar-refractivity contribution in [3.63, 3.8) is 0 Å². The van der Waals surface area contributed by atoms with Gasteiger partial charge in [-0.05, 0) is 0 Å². The molecule has 0 amide bonds. The van der Waals surface area contributed by atoms with Gasteiger partial charge in [0.05, 0.1) is 0 Å². The number of unbranched alkanes of at least 4 members (excludes halogenated alkanes) is 2. The molecule has 18 heavy (non-hydrogen) atoms. The summed E-state index contributed by atoms with van der Waals surface area (Å²) in [6, 6.07) is 0. The SMILES string of the molecule is CCCC[O][Ti](=[O])([CH2]CC)([CH2]CC)[O]CCCC. The average Bonchev–Trinajstić information content (AvgIpc) is 2.30. The second-order valence-corrected chi connectivity index (χ2v) is 12.0. The Morgan fingerprint density at radius 1 is 0.722 bits per heavy atom. The van der Waals surface area contributed by atoms with Crippen molar-refractivity contribution in [2.75, 3.05) is 13.2 Å². The van der Waals surface area contributed by atoms with Crippen molar-refractivity contribution in [3.8, 4) is 0 Å². The predicted molar refractivity (Wildman–Crippen MR) is 72.6 cm³/mol. The maximum absolute atomic E-state index is 13.4. The first-order valence-electron chi connectivity index (χ1n) is 7.73. The van der Waals surface area contributed by atoms with Crippen molar-refractivity contribution < 1.29 is 26.0 Å². The van der Waals surface area contributed by atoms with Gasteiger partial charge in [-0.15, -0.1) is 0 Å². The first-order valence-corrected chi connectivity index (χ1v) is 11.8. The molecule has 3 nitrogen and oxygen atoms in total. The van der Waals surface area contributed by atoms with Crippen LogP contribution in [0.5, 0.6) is 0 Å². The Hall–Kier alpha value is 0.434. The standard InChI is InChI=1S/2C4H9O.2C3H7.O.Ti/c2*1-2-3-4-5;2*1-3-2;;/h2*2-4H2,1H3;2*1,3H2,2H3;;/q2*-1;;;;+2. The topological polar surface area (TPSA) is 35.5 Å². The summed E-state index contributed by atoms with van der Waals surface area (Å²) in [5.74, 6) is 0. The van der Waals surface area contributed by atoms with Crippen LogP contribution in [0.4, 0.5) is 0 Å². The van der Waals surface area contributed by atoms with E-state index in [1.165, 1.54) is 0 Å². The van der Waals surface area contributed by atoms with Crippen LogP contribution in [0, 0.1) is 0 Å². The van der Waals surface area contributed by atoms with Gasteiger partial charge in [0.25, 0.3) is 0 Å². The van der Waals surface area contributed by atoms with Crippen LogP contribution < -0.4 is 0 Å². The third-order valence-corrected chi connectivity index (χ3v) is 10.5. The van der Waals surface area contributed by atoms with Crippen molar-refractivity contribution in [2.45, 2.75) is 75.7 Å². The average molecular weight is 296 g/mol. The Labute approximate surface area is 115 Å². The van der Waals surface area contributed by atoms with E-state index in [0.29, 0.717) is 22.7 Å². The first kappa shape index (κ1) is 18.4. The molecule has 0 fully saturated rings. The van der Waals surface area contributed by atoms with Gasteiger partial charge < -0.3 is 0 Å². The van der Waals surface area contributed by atoms with Gasteiger partial charge in [0.15, 0.2) is 0 Å². The van der Waals surface area contributed by atoms with Gasteiger partial charge in [-0.1, -0.05) is 0 Å². The summed E-state index contributed by atoms with van der Waals surface area (Å²) >= 11 is -4.35. The third kappa shape index (κ3) is 6.56. The van der Waals surface area contributed by atoms with E-state index in [4.69, 9.17) is 6.64 Å². The van der Waals surface area contributed by atoms with E-state index < -0.39 is 16.1 Å². The van der Waals surface area contributed by atoms with E-state index in [2.05, 4.69) is 27.7 Å². The quantitative estimate of drug-likeness (QED) is 0.369. The zero-order valence-corrected chi connectivity index (χ0v) is 14.4. The molecule has 0 bridgehead atoms. The van der Waals surface area contributed by atoms with Crippen LogP contribution in [0.15, 0.2) is 0 Å². The summed E-state index contributed by atoms with van der Waals surface area (Å²) in [6.45, 7) is 9.53. The Kier molecular flexibility index (Phi) is 9.58. The van der Waals surface area contributed by atoms with E-state index in [1.54, 1.807) is 0 Å². The predicted octanol–water partition coefficient (Wildman–Crippen LogP) is 5.14. The van der Waals surface area contributed by atoms with Gasteiger partial charge >= 0.3 is 115 Å². The molecule has 0 atom stereocenters. The molecule has 0 aromatic rings. The van der Waals surface area contributed by atoms with Gasteiger partial charge in [-0.25, -0.2) is 0 Å². The summed E-state index contributed by atoms with van der Waals surface area (Å²) < 4.78 is 26.4. The third-order valence-electron chi connectivity index (χ3n) is 3.31. The normalized spacial score (nSPS) is 12.9. The fraction of sp³-hybridized carbons (Fsp3) is 1.00. The van der Waals surface area contributed by atoms with Crippen molar-refractivity contribution in [3.05, 3.63) is 0 Å².